The molecule has 0 spiro atoms. The fraction of sp³-hybridized carbons (Fsp3) is 0. The van der Waals surface area contributed by atoms with Crippen LogP contribution in [-0.2, 0) is 22.4 Å². The molecule has 0 aliphatic carbocycles. The van der Waals surface area contributed by atoms with Crippen LogP contribution in [0, 0.1) is 10.1 Å². The zero-order valence-electron chi connectivity index (χ0n) is 5.35. The summed E-state index contributed by atoms with van der Waals surface area (Å²) < 4.78 is 0. The van der Waals surface area contributed by atoms with Gasteiger partial charge in [0.1, 0.15) is 0 Å². The van der Waals surface area contributed by atoms with Crippen LogP contribution in [0.4, 0.5) is 0 Å². The van der Waals surface area contributed by atoms with Crippen LogP contribution < -0.4 is 0 Å². The van der Waals surface area contributed by atoms with Gasteiger partial charge < -0.3 is 5.21 Å². The molecule has 1 heterocycles. The van der Waals surface area contributed by atoms with E-state index in [1.807, 2.05) is 18.2 Å². The molecule has 0 unspecified atom stereocenters. The van der Waals surface area contributed by atoms with Gasteiger partial charge in [-0.05, 0) is 12.1 Å². The topological polar surface area (TPSA) is 76.3 Å². The van der Waals surface area contributed by atoms with Crippen molar-refractivity contribution in [2.45, 2.75) is 0 Å². The van der Waals surface area contributed by atoms with Crippen LogP contribution in [0.5, 0.6) is 0 Å². The zero-order valence-corrected chi connectivity index (χ0v) is 6.83. The van der Waals surface area contributed by atoms with Crippen molar-refractivity contribution in [1.82, 2.24) is 4.98 Å². The van der Waals surface area contributed by atoms with Gasteiger partial charge in [0.05, 0.1) is 0 Å². The molecule has 0 saturated carbocycles. The van der Waals surface area contributed by atoms with E-state index in [1.54, 1.807) is 12.4 Å². The minimum absolute atomic E-state index is 0. The van der Waals surface area contributed by atoms with Crippen molar-refractivity contribution in [3.63, 3.8) is 0 Å². The quantitative estimate of drug-likeness (QED) is 0.418. The molecule has 5 nitrogen and oxygen atoms in total. The summed E-state index contributed by atoms with van der Waals surface area (Å²) in [6.45, 7) is 0. The number of hydrogen-bond acceptors (Lipinski definition) is 3. The largest absolute Gasteiger partial charge is 0.328 e. The van der Waals surface area contributed by atoms with Crippen LogP contribution in [0.3, 0.4) is 0 Å². The molecule has 0 amide bonds. The van der Waals surface area contributed by atoms with E-state index in [0.29, 0.717) is 0 Å². The monoisotopic (exact) mass is 249 g/mol. The smallest absolute Gasteiger partial charge is 0.291 e. The summed E-state index contributed by atoms with van der Waals surface area (Å²) >= 11 is 0. The Bertz CT molecular complexity index is 152. The van der Waals surface area contributed by atoms with Gasteiger partial charge in [0.25, 0.3) is 5.09 Å². The van der Waals surface area contributed by atoms with E-state index < -0.39 is 5.09 Å². The summed E-state index contributed by atoms with van der Waals surface area (Å²) in [5.74, 6) is 0. The molecule has 1 rings (SSSR count). The summed E-state index contributed by atoms with van der Waals surface area (Å²) in [7, 11) is 0. The number of hydrogen-bond donors (Lipinski definition) is 1. The summed E-state index contributed by atoms with van der Waals surface area (Å²) in [4.78, 5) is 12.1. The van der Waals surface area contributed by atoms with E-state index >= 15 is 0 Å². The molecule has 65 valence electrons. The number of pyridine rings is 1. The Morgan fingerprint density at radius 2 is 1.64 bits per heavy atom. The van der Waals surface area contributed by atoms with Crippen LogP contribution in [0.2, 0.25) is 0 Å². The zero-order chi connectivity index (χ0) is 7.82. The minimum atomic E-state index is -1.50. The number of rotatable bonds is 0. The van der Waals surface area contributed by atoms with Crippen molar-refractivity contribution in [1.29, 1.82) is 0 Å². The molecular formula is C5H6AgN2O3. The third-order valence-corrected chi connectivity index (χ3v) is 0.566. The Morgan fingerprint density at radius 1 is 1.27 bits per heavy atom. The molecule has 0 aliphatic rings. The van der Waals surface area contributed by atoms with Crippen molar-refractivity contribution in [2.75, 3.05) is 0 Å². The summed E-state index contributed by atoms with van der Waals surface area (Å²) in [6.07, 6.45) is 3.50. The maximum absolute atomic E-state index is 8.36. The maximum atomic E-state index is 8.36. The Labute approximate surface area is 78.7 Å². The fourth-order valence-corrected chi connectivity index (χ4v) is 0.313. The molecule has 0 bridgehead atoms. The predicted molar refractivity (Wildman–Crippen MR) is 33.0 cm³/mol. The Kier molecular flexibility index (Phi) is 10.5. The van der Waals surface area contributed by atoms with Gasteiger partial charge in [-0.1, -0.05) is 6.07 Å². The van der Waals surface area contributed by atoms with Crippen LogP contribution >= 0.6 is 0 Å². The fourth-order valence-electron chi connectivity index (χ4n) is 0.313. The molecule has 1 N–H and O–H groups in total. The van der Waals surface area contributed by atoms with Gasteiger partial charge in [-0.2, -0.15) is 0 Å². The first kappa shape index (κ1) is 12.7. The van der Waals surface area contributed by atoms with Crippen molar-refractivity contribution in [3.8, 4) is 0 Å². The third kappa shape index (κ3) is 17.6. The molecule has 1 aromatic heterocycles. The average molecular weight is 250 g/mol. The standard InChI is InChI=1S/C5H5N.Ag.HNO3/c1-2-4-6-5-3-1;;2-1(3)4/h1-5H;;(H,2,3,4). The van der Waals surface area contributed by atoms with E-state index in [0.717, 1.165) is 0 Å². The first-order chi connectivity index (χ1) is 4.73. The van der Waals surface area contributed by atoms with Gasteiger partial charge in [0.2, 0.25) is 0 Å². The van der Waals surface area contributed by atoms with Crippen molar-refractivity contribution in [3.05, 3.63) is 40.7 Å². The molecule has 0 aromatic carbocycles. The summed E-state index contributed by atoms with van der Waals surface area (Å²) in [5.41, 5.74) is 0. The maximum Gasteiger partial charge on any atom is 0.291 e. The van der Waals surface area contributed by atoms with Crippen molar-refractivity contribution < 1.29 is 32.7 Å². The second-order valence-electron chi connectivity index (χ2n) is 1.26. The van der Waals surface area contributed by atoms with E-state index in [9.17, 15) is 0 Å². The normalized spacial score (nSPS) is 6.55. The van der Waals surface area contributed by atoms with Gasteiger partial charge >= 0.3 is 0 Å². The summed E-state index contributed by atoms with van der Waals surface area (Å²) in [6, 6.07) is 5.72. The molecule has 1 radical (unpaired) electrons. The Hall–Kier alpha value is -0.910. The second-order valence-corrected chi connectivity index (χ2v) is 1.26. The summed E-state index contributed by atoms with van der Waals surface area (Å²) in [5, 5.41) is 13.6. The first-order valence-electron chi connectivity index (χ1n) is 2.41. The molecule has 0 saturated heterocycles. The molecule has 1 aromatic rings. The molecule has 0 atom stereocenters. The van der Waals surface area contributed by atoms with E-state index in [2.05, 4.69) is 4.98 Å². The van der Waals surface area contributed by atoms with Crippen LogP contribution in [0.25, 0.3) is 0 Å². The van der Waals surface area contributed by atoms with Crippen LogP contribution in [0.15, 0.2) is 30.6 Å². The van der Waals surface area contributed by atoms with E-state index in [1.165, 1.54) is 0 Å². The Balaban J connectivity index is 0. The van der Waals surface area contributed by atoms with Crippen molar-refractivity contribution >= 4 is 0 Å². The van der Waals surface area contributed by atoms with Gasteiger partial charge in [0, 0.05) is 34.8 Å². The van der Waals surface area contributed by atoms with Crippen LogP contribution in [-0.4, -0.2) is 15.3 Å². The van der Waals surface area contributed by atoms with E-state index in [-0.39, 0.29) is 22.4 Å². The van der Waals surface area contributed by atoms with Crippen molar-refractivity contribution in [2.24, 2.45) is 0 Å². The van der Waals surface area contributed by atoms with Gasteiger partial charge in [0.15, 0.2) is 0 Å². The third-order valence-electron chi connectivity index (χ3n) is 0.566. The second kappa shape index (κ2) is 9.09. The number of aromatic nitrogens is 1. The van der Waals surface area contributed by atoms with Gasteiger partial charge in [-0.3, -0.25) is 4.98 Å². The van der Waals surface area contributed by atoms with Crippen LogP contribution in [0.1, 0.15) is 0 Å². The molecule has 6 heteroatoms. The average Bonchev–Trinajstić information content (AvgIpc) is 1.90. The van der Waals surface area contributed by atoms with Gasteiger partial charge in [-0.25, -0.2) is 0 Å². The molecular weight excluding hydrogens is 244 g/mol. The molecule has 0 fully saturated rings. The van der Waals surface area contributed by atoms with E-state index in [4.69, 9.17) is 15.3 Å². The number of nitrogens with zero attached hydrogens (tertiary/aromatic N) is 2. The Morgan fingerprint density at radius 3 is 1.73 bits per heavy atom. The molecule has 0 aliphatic heterocycles. The van der Waals surface area contributed by atoms with Gasteiger partial charge in [-0.15, -0.1) is 10.1 Å². The molecule has 11 heavy (non-hydrogen) atoms. The first-order valence-corrected chi connectivity index (χ1v) is 2.41. The predicted octanol–water partition coefficient (Wildman–Crippen LogP) is 0.731. The SMILES string of the molecule is O=[N+]([O-])O.[Ag].c1ccncc1. The minimum Gasteiger partial charge on any atom is -0.328 e.